The van der Waals surface area contributed by atoms with E-state index in [4.69, 9.17) is 35.4 Å². The molecule has 5 rings (SSSR count). The van der Waals surface area contributed by atoms with Crippen molar-refractivity contribution in [2.75, 3.05) is 12.1 Å². The van der Waals surface area contributed by atoms with Crippen molar-refractivity contribution >= 4 is 93.5 Å². The third kappa shape index (κ3) is 2.57. The molecule has 0 aliphatic carbocycles. The van der Waals surface area contributed by atoms with Gasteiger partial charge in [-0.2, -0.15) is 0 Å². The minimum atomic E-state index is -1.48. The molecule has 102 valence electrons. The molecule has 4 fully saturated rings. The fourth-order valence-corrected chi connectivity index (χ4v) is 98.7. The molecule has 4 atom stereocenters. The van der Waals surface area contributed by atoms with Crippen molar-refractivity contribution in [2.24, 2.45) is 0 Å². The van der Waals surface area contributed by atoms with Crippen LogP contribution in [0.2, 0.25) is 0 Å². The molecule has 4 heterocycles. The third-order valence-electron chi connectivity index (χ3n) is 3.07. The molecule has 0 spiro atoms. The van der Waals surface area contributed by atoms with Crippen LogP contribution < -0.4 is 0 Å². The Morgan fingerprint density at radius 3 is 2.37 bits per heavy atom. The van der Waals surface area contributed by atoms with Crippen molar-refractivity contribution in [1.82, 2.24) is 0 Å². The average Bonchev–Trinajstić information content (AvgIpc) is 2.23. The smallest absolute Gasteiger partial charge is 0.0896 e. The van der Waals surface area contributed by atoms with E-state index >= 15 is 0 Å². The Bertz CT molecular complexity index is 616. The van der Waals surface area contributed by atoms with E-state index in [0.29, 0.717) is 0 Å². The van der Waals surface area contributed by atoms with Crippen molar-refractivity contribution in [1.29, 1.82) is 0 Å². The number of hydrogen-bond donors (Lipinski definition) is 0. The summed E-state index contributed by atoms with van der Waals surface area (Å²) in [6.45, 7) is 0. The lowest BCUT2D eigenvalue weighted by atomic mass is 10.2. The van der Waals surface area contributed by atoms with E-state index in [0.717, 1.165) is 12.1 Å². The fraction of sp³-hybridized carbons (Fsp3) is 0.333. The second kappa shape index (κ2) is 4.79. The van der Waals surface area contributed by atoms with Gasteiger partial charge in [0.1, 0.15) is 7.72 Å². The Hall–Kier alpha value is 2.57. The molecule has 0 amide bonds. The fourth-order valence-electron chi connectivity index (χ4n) is 2.51. The molecule has 19 heavy (non-hydrogen) atoms. The van der Waals surface area contributed by atoms with Gasteiger partial charge in [0.2, 0.25) is 0 Å². The molecular formula is C9H9P3S7. The summed E-state index contributed by atoms with van der Waals surface area (Å²) < 4.78 is -2.79. The molecule has 0 saturated carbocycles. The van der Waals surface area contributed by atoms with Gasteiger partial charge in [0.25, 0.3) is 0 Å². The molecule has 0 aromatic heterocycles. The lowest BCUT2D eigenvalue weighted by molar-refractivity contribution is 1.04. The molecule has 4 unspecified atom stereocenters. The first-order chi connectivity index (χ1) is 8.85. The van der Waals surface area contributed by atoms with Crippen LogP contribution in [0.5, 0.6) is 0 Å². The number of benzene rings is 1. The molecule has 1 aromatic rings. The van der Waals surface area contributed by atoms with Gasteiger partial charge in [-0.3, -0.25) is 0 Å². The normalized spacial score (nSPS) is 51.4. The van der Waals surface area contributed by atoms with Gasteiger partial charge in [0.05, 0.1) is 4.44 Å². The summed E-state index contributed by atoms with van der Waals surface area (Å²) in [4.78, 5) is 0. The Kier molecular flexibility index (Phi) is 3.81. The third-order valence-corrected chi connectivity index (χ3v) is 51.9. The average molecular weight is 435 g/mol. The lowest BCUT2D eigenvalue weighted by Gasteiger charge is -2.57. The Morgan fingerprint density at radius 2 is 1.74 bits per heavy atom. The topological polar surface area (TPSA) is 0 Å². The van der Waals surface area contributed by atoms with Crippen LogP contribution in [-0.2, 0) is 39.5 Å². The lowest BCUT2D eigenvalue weighted by Crippen LogP contribution is -2.29. The molecule has 4 aliphatic rings. The van der Waals surface area contributed by atoms with E-state index in [1.165, 1.54) is 5.56 Å². The Labute approximate surface area is 144 Å². The summed E-state index contributed by atoms with van der Waals surface area (Å²) in [6.07, 6.45) is 1.15. The molecule has 0 radical (unpaired) electrons. The quantitative estimate of drug-likeness (QED) is 0.445. The first-order valence-corrected chi connectivity index (χ1v) is 21.4. The molecule has 10 heteroatoms. The molecule has 4 aliphatic heterocycles. The van der Waals surface area contributed by atoms with Crippen LogP contribution in [0, 0.1) is 0 Å². The van der Waals surface area contributed by atoms with Crippen LogP contribution in [0.3, 0.4) is 0 Å². The first kappa shape index (κ1) is 15.1. The van der Waals surface area contributed by atoms with Crippen molar-refractivity contribution < 1.29 is 0 Å². The van der Waals surface area contributed by atoms with Crippen LogP contribution in [0.1, 0.15) is 5.56 Å². The maximum atomic E-state index is 6.06. The highest BCUT2D eigenvalue weighted by atomic mass is 33.7. The van der Waals surface area contributed by atoms with E-state index < -0.39 is 13.3 Å². The van der Waals surface area contributed by atoms with Gasteiger partial charge in [-0.05, 0) is 5.56 Å². The van der Waals surface area contributed by atoms with Crippen molar-refractivity contribution in [3.63, 3.8) is 0 Å². The minimum Gasteiger partial charge on any atom is -0.0896 e. The molecule has 1 aromatic carbocycles. The molecular weight excluding hydrogens is 425 g/mol. The summed E-state index contributed by atoms with van der Waals surface area (Å²) >= 11 is 26.3. The van der Waals surface area contributed by atoms with Crippen LogP contribution in [-0.4, -0.2) is 12.1 Å². The molecule has 4 bridgehead atoms. The van der Waals surface area contributed by atoms with Gasteiger partial charge < -0.3 is 0 Å². The highest BCUT2D eigenvalue weighted by molar-refractivity contribution is 9.46. The Morgan fingerprint density at radius 1 is 1.00 bits per heavy atom. The van der Waals surface area contributed by atoms with Gasteiger partial charge in [-0.1, -0.05) is 111 Å². The monoisotopic (exact) mass is 434 g/mol. The van der Waals surface area contributed by atoms with Crippen molar-refractivity contribution in [3.05, 3.63) is 35.9 Å². The Balaban J connectivity index is 1.94. The van der Waals surface area contributed by atoms with Gasteiger partial charge in [0, 0.05) is 17.3 Å². The largest absolute Gasteiger partial charge is 0.121 e. The SMILES string of the molecule is S=P12CC3(c4ccccc4)SP(=S)(C1)SP(=S)(S3)S2. The molecule has 0 N–H and O–H groups in total. The molecule has 0 nitrogen and oxygen atoms in total. The van der Waals surface area contributed by atoms with E-state index in [-0.39, 0.29) is 4.08 Å². The van der Waals surface area contributed by atoms with Crippen LogP contribution in [0.4, 0.5) is 0 Å². The first-order valence-electron chi connectivity index (χ1n) is 5.51. The minimum absolute atomic E-state index is 0.108. The summed E-state index contributed by atoms with van der Waals surface area (Å²) in [5, 5.41) is -1.35. The van der Waals surface area contributed by atoms with Gasteiger partial charge in [0.15, 0.2) is 0 Å². The van der Waals surface area contributed by atoms with E-state index in [2.05, 4.69) is 41.7 Å². The summed E-state index contributed by atoms with van der Waals surface area (Å²) in [7, 11) is 0. The zero-order valence-electron chi connectivity index (χ0n) is 9.50. The standard InChI is InChI=1S/C9H9P3S7/c13-10-6-9(8-4-2-1-3-5-8)16-11(14,7-10)19-12(15,17-9)18-10/h1-5H,6-7H2. The number of rotatable bonds is 1. The summed E-state index contributed by atoms with van der Waals surface area (Å²) in [6, 6.07) is 10.8. The van der Waals surface area contributed by atoms with Gasteiger partial charge in [-0.15, -0.1) is 0 Å². The summed E-state index contributed by atoms with van der Waals surface area (Å²) in [5.41, 5.74) is 1.41. The molecule has 4 saturated heterocycles. The second-order valence-corrected chi connectivity index (χ2v) is 40.5. The summed E-state index contributed by atoms with van der Waals surface area (Å²) in [5.74, 6) is 1.15. The van der Waals surface area contributed by atoms with Crippen LogP contribution in [0.15, 0.2) is 30.3 Å². The van der Waals surface area contributed by atoms with E-state index in [1.54, 1.807) is 0 Å². The van der Waals surface area contributed by atoms with Gasteiger partial charge >= 0.3 is 0 Å². The number of hydrogen-bond acceptors (Lipinski definition) is 7. The van der Waals surface area contributed by atoms with Crippen LogP contribution in [0.25, 0.3) is 0 Å². The zero-order chi connectivity index (χ0) is 13.4. The predicted octanol–water partition coefficient (Wildman–Crippen LogP) is 6.70. The highest BCUT2D eigenvalue weighted by Crippen LogP contribution is 3.13. The zero-order valence-corrected chi connectivity index (χ0v) is 17.9. The predicted molar refractivity (Wildman–Crippen MR) is 111 cm³/mol. The van der Waals surface area contributed by atoms with Gasteiger partial charge in [-0.25, -0.2) is 0 Å². The van der Waals surface area contributed by atoms with Crippen molar-refractivity contribution in [3.8, 4) is 0 Å². The van der Waals surface area contributed by atoms with Crippen molar-refractivity contribution in [2.45, 2.75) is 4.08 Å². The highest BCUT2D eigenvalue weighted by Gasteiger charge is 2.62. The van der Waals surface area contributed by atoms with E-state index in [9.17, 15) is 0 Å². The van der Waals surface area contributed by atoms with E-state index in [1.807, 2.05) is 33.4 Å². The van der Waals surface area contributed by atoms with Crippen LogP contribution >= 0.6 is 58.1 Å². The maximum absolute atomic E-state index is 6.06. The second-order valence-electron chi connectivity index (χ2n) is 4.64. The maximum Gasteiger partial charge on any atom is 0.121 e.